The van der Waals surface area contributed by atoms with Crippen LogP contribution >= 0.6 is 0 Å². The van der Waals surface area contributed by atoms with Crippen molar-refractivity contribution in [3.63, 3.8) is 0 Å². The van der Waals surface area contributed by atoms with Gasteiger partial charge in [0.2, 0.25) is 0 Å². The highest BCUT2D eigenvalue weighted by Gasteiger charge is 2.32. The number of ether oxygens (including phenoxy) is 2. The summed E-state index contributed by atoms with van der Waals surface area (Å²) in [5, 5.41) is 7.04. The molecule has 1 N–H and O–H groups in total. The second kappa shape index (κ2) is 11.6. The Morgan fingerprint density at radius 3 is 2.30 bits per heavy atom. The number of nitrogens with one attached hydrogen (secondary N) is 1. The first-order valence-electron chi connectivity index (χ1n) is 12.5. The van der Waals surface area contributed by atoms with Gasteiger partial charge in [-0.1, -0.05) is 48.5 Å². The van der Waals surface area contributed by atoms with Crippen LogP contribution in [0.3, 0.4) is 0 Å². The van der Waals surface area contributed by atoms with Gasteiger partial charge in [-0.3, -0.25) is 4.79 Å². The highest BCUT2D eigenvalue weighted by atomic mass is 19.4. The minimum atomic E-state index is -4.60. The average Bonchev–Trinajstić information content (AvgIpc) is 3.43. The number of carbonyl (C=O) groups excluding carboxylic acids is 2. The van der Waals surface area contributed by atoms with Gasteiger partial charge >= 0.3 is 12.1 Å². The number of rotatable bonds is 7. The molecule has 0 bridgehead atoms. The molecule has 1 amide bonds. The maximum Gasteiger partial charge on any atom is 0.416 e. The van der Waals surface area contributed by atoms with Crippen molar-refractivity contribution < 1.29 is 32.2 Å². The van der Waals surface area contributed by atoms with Gasteiger partial charge in [0, 0.05) is 24.8 Å². The van der Waals surface area contributed by atoms with E-state index in [2.05, 4.69) is 10.4 Å². The van der Waals surface area contributed by atoms with Gasteiger partial charge < -0.3 is 19.7 Å². The number of nitrogens with zero attached hydrogens (tertiary/aromatic N) is 3. The minimum Gasteiger partial charge on any atom is -0.452 e. The van der Waals surface area contributed by atoms with Crippen molar-refractivity contribution in [2.24, 2.45) is 0 Å². The third-order valence-electron chi connectivity index (χ3n) is 6.29. The fraction of sp³-hybridized carbons (Fsp3) is 0.207. The molecule has 0 aliphatic carbocycles. The quantitative estimate of drug-likeness (QED) is 0.319. The van der Waals surface area contributed by atoms with Gasteiger partial charge in [-0.25, -0.2) is 9.48 Å². The molecule has 5 rings (SSSR count). The smallest absolute Gasteiger partial charge is 0.416 e. The number of morpholine rings is 1. The lowest BCUT2D eigenvalue weighted by molar-refractivity contribution is -0.137. The van der Waals surface area contributed by atoms with E-state index >= 15 is 0 Å². The van der Waals surface area contributed by atoms with Crippen LogP contribution in [0.25, 0.3) is 16.9 Å². The summed E-state index contributed by atoms with van der Waals surface area (Å²) in [6.07, 6.45) is -3.08. The number of hydrogen-bond donors (Lipinski definition) is 1. The number of halogens is 3. The number of aromatic nitrogens is 2. The van der Waals surface area contributed by atoms with Crippen molar-refractivity contribution in [2.75, 3.05) is 43.1 Å². The van der Waals surface area contributed by atoms with Crippen molar-refractivity contribution in [1.82, 2.24) is 9.78 Å². The fourth-order valence-electron chi connectivity index (χ4n) is 4.33. The van der Waals surface area contributed by atoms with Gasteiger partial charge in [-0.15, -0.1) is 0 Å². The second-order valence-corrected chi connectivity index (χ2v) is 8.99. The van der Waals surface area contributed by atoms with Crippen LogP contribution in [0.2, 0.25) is 0 Å². The fourth-order valence-corrected chi connectivity index (χ4v) is 4.33. The standard InChI is InChI=1S/C29H25F3N4O4/c30-29(31,32)21-11-12-25(35-13-15-39-16-14-35)24(17-21)33-26(37)19-40-28(38)23-18-36(22-9-5-2-6-10-22)34-27(23)20-7-3-1-4-8-20/h1-12,17-18H,13-16,19H2,(H,33,37). The molecule has 1 aromatic heterocycles. The molecule has 206 valence electrons. The molecule has 0 radical (unpaired) electrons. The van der Waals surface area contributed by atoms with Gasteiger partial charge in [0.25, 0.3) is 5.91 Å². The molecule has 0 unspecified atom stereocenters. The highest BCUT2D eigenvalue weighted by Crippen LogP contribution is 2.36. The van der Waals surface area contributed by atoms with E-state index in [4.69, 9.17) is 9.47 Å². The summed E-state index contributed by atoms with van der Waals surface area (Å²) < 4.78 is 52.4. The van der Waals surface area contributed by atoms with Gasteiger partial charge in [0.1, 0.15) is 11.3 Å². The summed E-state index contributed by atoms with van der Waals surface area (Å²) in [7, 11) is 0. The zero-order valence-electron chi connectivity index (χ0n) is 21.2. The van der Waals surface area contributed by atoms with E-state index in [0.717, 1.165) is 17.8 Å². The molecule has 0 atom stereocenters. The van der Waals surface area contributed by atoms with Gasteiger partial charge in [0.15, 0.2) is 6.61 Å². The molecule has 3 aromatic carbocycles. The molecule has 0 spiro atoms. The highest BCUT2D eigenvalue weighted by molar-refractivity contribution is 6.00. The molecule has 0 saturated carbocycles. The summed E-state index contributed by atoms with van der Waals surface area (Å²) in [6, 6.07) is 21.4. The Morgan fingerprint density at radius 2 is 1.62 bits per heavy atom. The molecule has 40 heavy (non-hydrogen) atoms. The number of benzene rings is 3. The van der Waals surface area contributed by atoms with Crippen LogP contribution in [0.1, 0.15) is 15.9 Å². The number of para-hydroxylation sites is 1. The monoisotopic (exact) mass is 550 g/mol. The first-order valence-corrected chi connectivity index (χ1v) is 12.5. The van der Waals surface area contributed by atoms with Crippen molar-refractivity contribution >= 4 is 23.3 Å². The van der Waals surface area contributed by atoms with Crippen molar-refractivity contribution in [3.8, 4) is 16.9 Å². The maximum absolute atomic E-state index is 13.4. The van der Waals surface area contributed by atoms with E-state index in [-0.39, 0.29) is 11.3 Å². The van der Waals surface area contributed by atoms with Gasteiger partial charge in [-0.05, 0) is 30.3 Å². The molecule has 11 heteroatoms. The van der Waals surface area contributed by atoms with Gasteiger partial charge in [0.05, 0.1) is 35.8 Å². The zero-order chi connectivity index (χ0) is 28.1. The molecular formula is C29H25F3N4O4. The van der Waals surface area contributed by atoms with Crippen molar-refractivity contribution in [1.29, 1.82) is 0 Å². The molecule has 2 heterocycles. The first-order chi connectivity index (χ1) is 19.3. The van der Waals surface area contributed by atoms with Crippen molar-refractivity contribution in [2.45, 2.75) is 6.18 Å². The lowest BCUT2D eigenvalue weighted by Gasteiger charge is -2.31. The zero-order valence-corrected chi connectivity index (χ0v) is 21.2. The summed E-state index contributed by atoms with van der Waals surface area (Å²) >= 11 is 0. The number of amides is 1. The summed E-state index contributed by atoms with van der Waals surface area (Å²) in [5.41, 5.74) is 1.38. The van der Waals surface area contributed by atoms with Crippen LogP contribution < -0.4 is 10.2 Å². The van der Waals surface area contributed by atoms with E-state index in [0.29, 0.717) is 43.2 Å². The number of alkyl halides is 3. The van der Waals surface area contributed by atoms with E-state index in [9.17, 15) is 22.8 Å². The Kier molecular flexibility index (Phi) is 7.83. The van der Waals surface area contributed by atoms with Gasteiger partial charge in [-0.2, -0.15) is 18.3 Å². The summed E-state index contributed by atoms with van der Waals surface area (Å²) in [4.78, 5) is 27.7. The lowest BCUT2D eigenvalue weighted by Crippen LogP contribution is -2.37. The van der Waals surface area contributed by atoms with E-state index in [1.807, 2.05) is 41.3 Å². The Hall–Kier alpha value is -4.64. The van der Waals surface area contributed by atoms with E-state index < -0.39 is 30.2 Å². The minimum absolute atomic E-state index is 0.0281. The van der Waals surface area contributed by atoms with Crippen LogP contribution in [0.5, 0.6) is 0 Å². The van der Waals surface area contributed by atoms with Crippen LogP contribution in [0, 0.1) is 0 Å². The summed E-state index contributed by atoms with van der Waals surface area (Å²) in [6.45, 7) is 1.02. The van der Waals surface area contributed by atoms with Crippen LogP contribution in [0.15, 0.2) is 85.1 Å². The van der Waals surface area contributed by atoms with Crippen molar-refractivity contribution in [3.05, 3.63) is 96.2 Å². The summed E-state index contributed by atoms with van der Waals surface area (Å²) in [5.74, 6) is -1.58. The molecule has 1 saturated heterocycles. The first kappa shape index (κ1) is 26.9. The lowest BCUT2D eigenvalue weighted by atomic mass is 10.1. The Labute approximate surface area is 227 Å². The number of hydrogen-bond acceptors (Lipinski definition) is 6. The van der Waals surface area contributed by atoms with E-state index in [1.54, 1.807) is 24.3 Å². The number of esters is 1. The Balaban J connectivity index is 1.35. The molecule has 1 aliphatic heterocycles. The molecule has 8 nitrogen and oxygen atoms in total. The topological polar surface area (TPSA) is 85.7 Å². The van der Waals surface area contributed by atoms with Crippen LogP contribution in [0.4, 0.5) is 24.5 Å². The third kappa shape index (κ3) is 6.15. The molecule has 4 aromatic rings. The predicted octanol–water partition coefficient (Wildman–Crippen LogP) is 5.19. The normalized spacial score (nSPS) is 13.6. The second-order valence-electron chi connectivity index (χ2n) is 8.99. The third-order valence-corrected chi connectivity index (χ3v) is 6.29. The molecule has 1 fully saturated rings. The number of anilines is 2. The van der Waals surface area contributed by atoms with Crippen LogP contribution in [-0.4, -0.2) is 54.6 Å². The molecular weight excluding hydrogens is 525 g/mol. The maximum atomic E-state index is 13.4. The number of carbonyl (C=O) groups is 2. The Morgan fingerprint density at radius 1 is 0.950 bits per heavy atom. The SMILES string of the molecule is O=C(COC(=O)c1cn(-c2ccccc2)nc1-c1ccccc1)Nc1cc(C(F)(F)F)ccc1N1CCOCC1. The largest absolute Gasteiger partial charge is 0.452 e. The van der Waals surface area contributed by atoms with Crippen LogP contribution in [-0.2, 0) is 20.4 Å². The predicted molar refractivity (Wildman–Crippen MR) is 142 cm³/mol. The Bertz CT molecular complexity index is 1480. The molecule has 1 aliphatic rings. The van der Waals surface area contributed by atoms with E-state index in [1.165, 1.54) is 16.9 Å². The average molecular weight is 551 g/mol.